The molecular formula is C13H21N3. The topological polar surface area (TPSA) is 28.2 Å². The Bertz CT molecular complexity index is 293. The lowest BCUT2D eigenvalue weighted by Crippen LogP contribution is -2.34. The predicted molar refractivity (Wildman–Crippen MR) is 66.2 cm³/mol. The maximum atomic E-state index is 4.04. The number of hydrogen-bond donors (Lipinski definition) is 1. The molecule has 1 aromatic heterocycles. The first-order valence-electron chi connectivity index (χ1n) is 6.13. The van der Waals surface area contributed by atoms with E-state index in [1.54, 1.807) is 0 Å². The van der Waals surface area contributed by atoms with E-state index in [-0.39, 0.29) is 0 Å². The van der Waals surface area contributed by atoms with Gasteiger partial charge in [0.05, 0.1) is 0 Å². The van der Waals surface area contributed by atoms with Gasteiger partial charge in [-0.2, -0.15) is 0 Å². The van der Waals surface area contributed by atoms with Crippen molar-refractivity contribution >= 4 is 0 Å². The van der Waals surface area contributed by atoms with Gasteiger partial charge in [0.25, 0.3) is 0 Å². The second-order valence-corrected chi connectivity index (χ2v) is 4.75. The van der Waals surface area contributed by atoms with E-state index >= 15 is 0 Å². The summed E-state index contributed by atoms with van der Waals surface area (Å²) in [6.45, 7) is 4.62. The first-order chi connectivity index (χ1) is 7.84. The first kappa shape index (κ1) is 11.6. The van der Waals surface area contributed by atoms with Crippen LogP contribution >= 0.6 is 0 Å². The Hall–Kier alpha value is -0.930. The van der Waals surface area contributed by atoms with Gasteiger partial charge in [0.2, 0.25) is 0 Å². The van der Waals surface area contributed by atoms with Gasteiger partial charge < -0.3 is 10.2 Å². The standard InChI is InChI=1S/C13H21N3/c1-16(10-12-2-6-14-7-3-12)11-13-4-8-15-9-5-13/h2-3,6-7,13,15H,4-5,8-11H2,1H3. The third-order valence-corrected chi connectivity index (χ3v) is 3.23. The van der Waals surface area contributed by atoms with Crippen LogP contribution in [0.2, 0.25) is 0 Å². The number of nitrogens with one attached hydrogen (secondary N) is 1. The van der Waals surface area contributed by atoms with E-state index in [1.165, 1.54) is 38.0 Å². The molecule has 0 aromatic carbocycles. The van der Waals surface area contributed by atoms with Gasteiger partial charge in [0, 0.05) is 25.5 Å². The zero-order chi connectivity index (χ0) is 11.2. The van der Waals surface area contributed by atoms with Crippen LogP contribution in [0.15, 0.2) is 24.5 Å². The van der Waals surface area contributed by atoms with Gasteiger partial charge in [-0.3, -0.25) is 4.98 Å². The monoisotopic (exact) mass is 219 g/mol. The molecule has 0 atom stereocenters. The zero-order valence-electron chi connectivity index (χ0n) is 10.0. The highest BCUT2D eigenvalue weighted by atomic mass is 15.1. The second kappa shape index (κ2) is 5.97. The van der Waals surface area contributed by atoms with Gasteiger partial charge >= 0.3 is 0 Å². The van der Waals surface area contributed by atoms with Crippen LogP contribution in [0.25, 0.3) is 0 Å². The molecule has 88 valence electrons. The normalized spacial score (nSPS) is 17.9. The molecule has 0 amide bonds. The third kappa shape index (κ3) is 3.58. The van der Waals surface area contributed by atoms with Gasteiger partial charge in [-0.15, -0.1) is 0 Å². The largest absolute Gasteiger partial charge is 0.317 e. The molecule has 0 saturated carbocycles. The number of aromatic nitrogens is 1. The van der Waals surface area contributed by atoms with Crippen LogP contribution in [-0.4, -0.2) is 36.6 Å². The Morgan fingerprint density at radius 3 is 2.69 bits per heavy atom. The predicted octanol–water partition coefficient (Wildman–Crippen LogP) is 1.51. The molecule has 1 aliphatic rings. The van der Waals surface area contributed by atoms with E-state index in [0.717, 1.165) is 12.5 Å². The summed E-state index contributed by atoms with van der Waals surface area (Å²) < 4.78 is 0. The van der Waals surface area contributed by atoms with Crippen LogP contribution < -0.4 is 5.32 Å². The Labute approximate surface area is 97.9 Å². The van der Waals surface area contributed by atoms with Gasteiger partial charge in [0.15, 0.2) is 0 Å². The summed E-state index contributed by atoms with van der Waals surface area (Å²) in [7, 11) is 2.21. The maximum Gasteiger partial charge on any atom is 0.0271 e. The highest BCUT2D eigenvalue weighted by molar-refractivity contribution is 5.09. The molecule has 1 aromatic rings. The van der Waals surface area contributed by atoms with E-state index in [9.17, 15) is 0 Å². The molecule has 3 heteroatoms. The van der Waals surface area contributed by atoms with Crippen LogP contribution in [0.5, 0.6) is 0 Å². The molecule has 2 rings (SSSR count). The number of nitrogens with zero attached hydrogens (tertiary/aromatic N) is 2. The van der Waals surface area contributed by atoms with Crippen molar-refractivity contribution in [3.8, 4) is 0 Å². The van der Waals surface area contributed by atoms with E-state index < -0.39 is 0 Å². The maximum absolute atomic E-state index is 4.04. The average molecular weight is 219 g/mol. The lowest BCUT2D eigenvalue weighted by molar-refractivity contribution is 0.234. The van der Waals surface area contributed by atoms with Crippen molar-refractivity contribution in [3.63, 3.8) is 0 Å². The summed E-state index contributed by atoms with van der Waals surface area (Å²) in [6, 6.07) is 4.19. The fourth-order valence-electron chi connectivity index (χ4n) is 2.37. The molecule has 0 aliphatic carbocycles. The van der Waals surface area contributed by atoms with Gasteiger partial charge in [-0.25, -0.2) is 0 Å². The van der Waals surface area contributed by atoms with Crippen LogP contribution in [0.3, 0.4) is 0 Å². The molecular weight excluding hydrogens is 198 g/mol. The third-order valence-electron chi connectivity index (χ3n) is 3.23. The summed E-state index contributed by atoms with van der Waals surface area (Å²) in [5.41, 5.74) is 1.35. The molecule has 2 heterocycles. The molecule has 1 aliphatic heterocycles. The first-order valence-corrected chi connectivity index (χ1v) is 6.13. The molecule has 1 fully saturated rings. The lowest BCUT2D eigenvalue weighted by atomic mass is 9.97. The van der Waals surface area contributed by atoms with Crippen molar-refractivity contribution in [1.29, 1.82) is 0 Å². The molecule has 3 nitrogen and oxygen atoms in total. The molecule has 0 unspecified atom stereocenters. The summed E-state index contributed by atoms with van der Waals surface area (Å²) in [4.78, 5) is 6.46. The van der Waals surface area contributed by atoms with Crippen molar-refractivity contribution in [3.05, 3.63) is 30.1 Å². The molecule has 0 spiro atoms. The van der Waals surface area contributed by atoms with E-state index in [4.69, 9.17) is 0 Å². The van der Waals surface area contributed by atoms with Crippen molar-refractivity contribution < 1.29 is 0 Å². The van der Waals surface area contributed by atoms with Crippen molar-refractivity contribution in [2.45, 2.75) is 19.4 Å². The minimum atomic E-state index is 0.869. The van der Waals surface area contributed by atoms with Crippen LogP contribution in [0.4, 0.5) is 0 Å². The SMILES string of the molecule is CN(Cc1ccncc1)CC1CCNCC1. The molecule has 1 N–H and O–H groups in total. The Morgan fingerprint density at radius 1 is 1.31 bits per heavy atom. The zero-order valence-corrected chi connectivity index (χ0v) is 10.0. The van der Waals surface area contributed by atoms with E-state index in [2.05, 4.69) is 34.4 Å². The van der Waals surface area contributed by atoms with E-state index in [0.29, 0.717) is 0 Å². The van der Waals surface area contributed by atoms with E-state index in [1.807, 2.05) is 12.4 Å². The van der Waals surface area contributed by atoms with Crippen LogP contribution in [0, 0.1) is 5.92 Å². The van der Waals surface area contributed by atoms with Gasteiger partial charge in [-0.05, 0) is 56.6 Å². The summed E-state index contributed by atoms with van der Waals surface area (Å²) in [6.07, 6.45) is 6.38. The fraction of sp³-hybridized carbons (Fsp3) is 0.615. The molecule has 1 saturated heterocycles. The summed E-state index contributed by atoms with van der Waals surface area (Å²) in [5, 5.41) is 3.41. The highest BCUT2D eigenvalue weighted by Gasteiger charge is 2.14. The number of rotatable bonds is 4. The Morgan fingerprint density at radius 2 is 2.00 bits per heavy atom. The minimum Gasteiger partial charge on any atom is -0.317 e. The van der Waals surface area contributed by atoms with Gasteiger partial charge in [0.1, 0.15) is 0 Å². The summed E-state index contributed by atoms with van der Waals surface area (Å²) in [5.74, 6) is 0.869. The molecule has 0 radical (unpaired) electrons. The van der Waals surface area contributed by atoms with Crippen LogP contribution in [0.1, 0.15) is 18.4 Å². The van der Waals surface area contributed by atoms with Gasteiger partial charge in [-0.1, -0.05) is 0 Å². The average Bonchev–Trinajstić information content (AvgIpc) is 2.31. The lowest BCUT2D eigenvalue weighted by Gasteiger charge is -2.27. The molecule has 0 bridgehead atoms. The Balaban J connectivity index is 1.77. The molecule has 16 heavy (non-hydrogen) atoms. The smallest absolute Gasteiger partial charge is 0.0271 e. The highest BCUT2D eigenvalue weighted by Crippen LogP contribution is 2.13. The van der Waals surface area contributed by atoms with Crippen molar-refractivity contribution in [2.75, 3.05) is 26.7 Å². The van der Waals surface area contributed by atoms with Crippen LogP contribution in [-0.2, 0) is 6.54 Å². The minimum absolute atomic E-state index is 0.869. The quantitative estimate of drug-likeness (QED) is 0.832. The fourth-order valence-corrected chi connectivity index (χ4v) is 2.37. The Kier molecular flexibility index (Phi) is 4.31. The summed E-state index contributed by atoms with van der Waals surface area (Å²) >= 11 is 0. The number of pyridine rings is 1. The second-order valence-electron chi connectivity index (χ2n) is 4.75. The van der Waals surface area contributed by atoms with Crippen molar-refractivity contribution in [2.24, 2.45) is 5.92 Å². The number of hydrogen-bond acceptors (Lipinski definition) is 3. The van der Waals surface area contributed by atoms with Crippen molar-refractivity contribution in [1.82, 2.24) is 15.2 Å². The number of piperidine rings is 1.